The van der Waals surface area contributed by atoms with Crippen LogP contribution in [0.4, 0.5) is 18.0 Å². The van der Waals surface area contributed by atoms with Gasteiger partial charge in [-0.1, -0.05) is 6.07 Å². The Kier molecular flexibility index (Phi) is 5.26. The minimum atomic E-state index is -4.55. The zero-order valence-corrected chi connectivity index (χ0v) is 16.2. The topological polar surface area (TPSA) is 94.1 Å². The van der Waals surface area contributed by atoms with Gasteiger partial charge in [-0.3, -0.25) is 10.1 Å². The molecule has 2 unspecified atom stereocenters. The number of hydrogen-bond donors (Lipinski definition) is 2. The monoisotopic (exact) mass is 437 g/mol. The molecular formula is C21H18F3NO6. The molecule has 0 bridgehead atoms. The van der Waals surface area contributed by atoms with Crippen molar-refractivity contribution in [3.8, 4) is 17.2 Å². The molecule has 0 aromatic heterocycles. The first-order valence-electron chi connectivity index (χ1n) is 9.49. The van der Waals surface area contributed by atoms with Gasteiger partial charge in [0.25, 0.3) is 5.91 Å². The van der Waals surface area contributed by atoms with Gasteiger partial charge in [0.15, 0.2) is 6.10 Å². The Bertz CT molecular complexity index is 1040. The fraction of sp³-hybridized carbons (Fsp3) is 0.333. The Hall–Kier alpha value is -3.27. The van der Waals surface area contributed by atoms with Crippen molar-refractivity contribution in [3.05, 3.63) is 53.1 Å². The lowest BCUT2D eigenvalue weighted by Gasteiger charge is -2.28. The SMILES string of the molecule is CC(O)c1cc(C(F)(F)F)ccc1Oc1ccc2c(c1)OCC[C@H]2C1OC(=O)NC1=O. The summed E-state index contributed by atoms with van der Waals surface area (Å²) in [5.41, 5.74) is -0.255. The van der Waals surface area contributed by atoms with Crippen LogP contribution in [0, 0.1) is 0 Å². The molecule has 2 aliphatic rings. The van der Waals surface area contributed by atoms with Crippen molar-refractivity contribution in [2.24, 2.45) is 0 Å². The second-order valence-corrected chi connectivity index (χ2v) is 7.29. The Balaban J connectivity index is 1.62. The summed E-state index contributed by atoms with van der Waals surface area (Å²) in [5.74, 6) is -0.166. The van der Waals surface area contributed by atoms with Gasteiger partial charge in [-0.2, -0.15) is 13.2 Å². The van der Waals surface area contributed by atoms with Gasteiger partial charge in [-0.05, 0) is 37.6 Å². The van der Waals surface area contributed by atoms with E-state index in [9.17, 15) is 27.9 Å². The number of benzene rings is 2. The third kappa shape index (κ3) is 4.15. The van der Waals surface area contributed by atoms with Crippen molar-refractivity contribution >= 4 is 12.0 Å². The highest BCUT2D eigenvalue weighted by atomic mass is 19.4. The highest BCUT2D eigenvalue weighted by Gasteiger charge is 2.41. The standard InChI is InChI=1S/C21H18F3NO6/c1-10(26)15-8-11(21(22,23)24)2-5-16(15)30-12-3-4-13-14(6-7-29-17(13)9-12)18-19(27)25-20(28)31-18/h2-5,8-10,14,18,26H,6-7H2,1H3,(H,25,27,28)/t10?,14-,18?/m1/s1. The maximum Gasteiger partial charge on any atom is 0.416 e. The van der Waals surface area contributed by atoms with Gasteiger partial charge < -0.3 is 19.3 Å². The van der Waals surface area contributed by atoms with E-state index in [2.05, 4.69) is 5.32 Å². The van der Waals surface area contributed by atoms with E-state index in [0.29, 0.717) is 17.7 Å². The van der Waals surface area contributed by atoms with Crippen molar-refractivity contribution < 1.29 is 42.1 Å². The van der Waals surface area contributed by atoms with E-state index in [0.717, 1.165) is 18.2 Å². The number of alkyl carbamates (subject to hydrolysis) is 1. The van der Waals surface area contributed by atoms with Crippen LogP contribution >= 0.6 is 0 Å². The maximum atomic E-state index is 13.0. The predicted molar refractivity (Wildman–Crippen MR) is 99.9 cm³/mol. The highest BCUT2D eigenvalue weighted by Crippen LogP contribution is 2.42. The van der Waals surface area contributed by atoms with Crippen LogP contribution in [0.5, 0.6) is 17.2 Å². The molecule has 7 nitrogen and oxygen atoms in total. The molecule has 2 heterocycles. The van der Waals surface area contributed by atoms with E-state index < -0.39 is 41.9 Å². The third-order valence-corrected chi connectivity index (χ3v) is 5.17. The largest absolute Gasteiger partial charge is 0.493 e. The molecular weight excluding hydrogens is 419 g/mol. The summed E-state index contributed by atoms with van der Waals surface area (Å²) in [6, 6.07) is 7.63. The number of alkyl halides is 3. The lowest BCUT2D eigenvalue weighted by molar-refractivity contribution is -0.137. The van der Waals surface area contributed by atoms with Gasteiger partial charge in [-0.15, -0.1) is 0 Å². The number of carbonyl (C=O) groups excluding carboxylic acids is 2. The first-order chi connectivity index (χ1) is 14.6. The molecule has 2 aliphatic heterocycles. The van der Waals surface area contributed by atoms with Crippen molar-refractivity contribution in [2.45, 2.75) is 37.6 Å². The molecule has 0 spiro atoms. The second-order valence-electron chi connectivity index (χ2n) is 7.29. The van der Waals surface area contributed by atoms with Gasteiger partial charge in [0, 0.05) is 23.1 Å². The van der Waals surface area contributed by atoms with E-state index in [4.69, 9.17) is 14.2 Å². The normalized spacial score (nSPS) is 21.6. The predicted octanol–water partition coefficient (Wildman–Crippen LogP) is 4.05. The molecule has 0 aliphatic carbocycles. The minimum Gasteiger partial charge on any atom is -0.493 e. The van der Waals surface area contributed by atoms with Crippen LogP contribution in [0.15, 0.2) is 36.4 Å². The number of rotatable bonds is 4. The average Bonchev–Trinajstić information content (AvgIpc) is 3.04. The van der Waals surface area contributed by atoms with Crippen LogP contribution in [0.2, 0.25) is 0 Å². The van der Waals surface area contributed by atoms with Crippen LogP contribution < -0.4 is 14.8 Å². The van der Waals surface area contributed by atoms with Crippen molar-refractivity contribution in [3.63, 3.8) is 0 Å². The number of nitrogens with one attached hydrogen (secondary N) is 1. The summed E-state index contributed by atoms with van der Waals surface area (Å²) in [7, 11) is 0. The number of halogens is 3. The number of ether oxygens (including phenoxy) is 3. The molecule has 0 saturated carbocycles. The second kappa shape index (κ2) is 7.77. The average molecular weight is 437 g/mol. The van der Waals surface area contributed by atoms with Crippen molar-refractivity contribution in [1.29, 1.82) is 0 Å². The number of carbonyl (C=O) groups is 2. The van der Waals surface area contributed by atoms with Crippen LogP contribution in [-0.4, -0.2) is 29.8 Å². The van der Waals surface area contributed by atoms with E-state index in [1.165, 1.54) is 6.92 Å². The number of aliphatic hydroxyl groups is 1. The number of hydrogen-bond acceptors (Lipinski definition) is 6. The Morgan fingerprint density at radius 2 is 1.97 bits per heavy atom. The van der Waals surface area contributed by atoms with Crippen molar-refractivity contribution in [2.75, 3.05) is 6.61 Å². The molecule has 3 atom stereocenters. The molecule has 164 valence electrons. The van der Waals surface area contributed by atoms with Crippen molar-refractivity contribution in [1.82, 2.24) is 5.32 Å². The number of aliphatic hydroxyl groups excluding tert-OH is 1. The highest BCUT2D eigenvalue weighted by molar-refractivity contribution is 6.00. The van der Waals surface area contributed by atoms with Gasteiger partial charge in [0.1, 0.15) is 17.2 Å². The molecule has 2 N–H and O–H groups in total. The molecule has 2 aromatic carbocycles. The van der Waals surface area contributed by atoms with E-state index in [1.807, 2.05) is 0 Å². The minimum absolute atomic E-state index is 0.0131. The van der Waals surface area contributed by atoms with Crippen LogP contribution in [-0.2, 0) is 15.7 Å². The van der Waals surface area contributed by atoms with Gasteiger partial charge >= 0.3 is 12.3 Å². The van der Waals surface area contributed by atoms with E-state index >= 15 is 0 Å². The maximum absolute atomic E-state index is 13.0. The van der Waals surface area contributed by atoms with Crippen LogP contribution in [0.25, 0.3) is 0 Å². The van der Waals surface area contributed by atoms with E-state index in [1.54, 1.807) is 18.2 Å². The zero-order valence-electron chi connectivity index (χ0n) is 16.2. The smallest absolute Gasteiger partial charge is 0.416 e. The number of fused-ring (bicyclic) bond motifs is 1. The zero-order chi connectivity index (χ0) is 22.3. The lowest BCUT2D eigenvalue weighted by Crippen LogP contribution is -2.32. The molecule has 1 fully saturated rings. The Morgan fingerprint density at radius 3 is 2.61 bits per heavy atom. The summed E-state index contributed by atoms with van der Waals surface area (Å²) in [6.45, 7) is 1.62. The summed E-state index contributed by atoms with van der Waals surface area (Å²) < 4.78 is 55.4. The van der Waals surface area contributed by atoms with E-state index in [-0.39, 0.29) is 23.7 Å². The van der Waals surface area contributed by atoms with Crippen LogP contribution in [0.1, 0.15) is 42.1 Å². The molecule has 2 amide bonds. The molecule has 1 saturated heterocycles. The summed E-state index contributed by atoms with van der Waals surface area (Å²) >= 11 is 0. The number of cyclic esters (lactones) is 1. The third-order valence-electron chi connectivity index (χ3n) is 5.17. The fourth-order valence-electron chi connectivity index (χ4n) is 3.68. The van der Waals surface area contributed by atoms with Gasteiger partial charge in [0.05, 0.1) is 18.3 Å². The summed E-state index contributed by atoms with van der Waals surface area (Å²) in [4.78, 5) is 23.3. The fourth-order valence-corrected chi connectivity index (χ4v) is 3.68. The number of amides is 2. The molecule has 2 aromatic rings. The molecule has 31 heavy (non-hydrogen) atoms. The quantitative estimate of drug-likeness (QED) is 0.750. The Morgan fingerprint density at radius 1 is 1.19 bits per heavy atom. The summed E-state index contributed by atoms with van der Waals surface area (Å²) in [5, 5.41) is 12.0. The molecule has 10 heteroatoms. The first kappa shape index (κ1) is 21.0. The molecule has 4 rings (SSSR count). The molecule has 0 radical (unpaired) electrons. The summed E-state index contributed by atoms with van der Waals surface area (Å²) in [6.07, 6.45) is -7.03. The van der Waals surface area contributed by atoms with Gasteiger partial charge in [-0.25, -0.2) is 4.79 Å². The number of imide groups is 1. The Labute approximate surface area is 174 Å². The first-order valence-corrected chi connectivity index (χ1v) is 9.49. The lowest BCUT2D eigenvalue weighted by atomic mass is 9.88. The van der Waals surface area contributed by atoms with Gasteiger partial charge in [0.2, 0.25) is 0 Å². The van der Waals surface area contributed by atoms with Crippen LogP contribution in [0.3, 0.4) is 0 Å².